The maximum atomic E-state index is 8.75. The third-order valence-electron chi connectivity index (χ3n) is 2.01. The van der Waals surface area contributed by atoms with Crippen molar-refractivity contribution in [3.05, 3.63) is 17.7 Å². The van der Waals surface area contributed by atoms with Crippen LogP contribution in [-0.2, 0) is 13.0 Å². The van der Waals surface area contributed by atoms with Crippen molar-refractivity contribution in [1.82, 2.24) is 9.55 Å². The van der Waals surface area contributed by atoms with Gasteiger partial charge in [0.2, 0.25) is 0 Å². The van der Waals surface area contributed by atoms with Crippen LogP contribution in [0.1, 0.15) is 38.7 Å². The van der Waals surface area contributed by atoms with Crippen LogP contribution >= 0.6 is 0 Å². The first kappa shape index (κ1) is 10.8. The van der Waals surface area contributed by atoms with E-state index in [9.17, 15) is 0 Å². The second-order valence-electron chi connectivity index (χ2n) is 3.95. The SMILES string of the molecule is CCCc1nc(C#N)cn1CC(C)C. The summed E-state index contributed by atoms with van der Waals surface area (Å²) in [6.45, 7) is 7.41. The normalized spacial score (nSPS) is 10.5. The summed E-state index contributed by atoms with van der Waals surface area (Å²) < 4.78 is 2.10. The van der Waals surface area contributed by atoms with Gasteiger partial charge in [-0.15, -0.1) is 0 Å². The topological polar surface area (TPSA) is 41.6 Å². The summed E-state index contributed by atoms with van der Waals surface area (Å²) in [6.07, 6.45) is 3.87. The van der Waals surface area contributed by atoms with Crippen molar-refractivity contribution in [2.45, 2.75) is 40.2 Å². The van der Waals surface area contributed by atoms with E-state index in [0.29, 0.717) is 11.6 Å². The van der Waals surface area contributed by atoms with Crippen molar-refractivity contribution in [3.63, 3.8) is 0 Å². The number of hydrogen-bond donors (Lipinski definition) is 0. The molecule has 0 fully saturated rings. The number of imidazole rings is 1. The standard InChI is InChI=1S/C11H17N3/c1-4-5-11-13-10(6-12)8-14(11)7-9(2)3/h8-9H,4-5,7H2,1-3H3. The molecule has 0 saturated heterocycles. The molecule has 0 aromatic carbocycles. The quantitative estimate of drug-likeness (QED) is 0.733. The largest absolute Gasteiger partial charge is 0.333 e. The lowest BCUT2D eigenvalue weighted by Crippen LogP contribution is -2.07. The molecule has 76 valence electrons. The molecule has 0 unspecified atom stereocenters. The highest BCUT2D eigenvalue weighted by molar-refractivity contribution is 5.19. The molecule has 1 heterocycles. The summed E-state index contributed by atoms with van der Waals surface area (Å²) in [5.41, 5.74) is 0.536. The van der Waals surface area contributed by atoms with Gasteiger partial charge in [0.1, 0.15) is 11.9 Å². The smallest absolute Gasteiger partial charge is 0.158 e. The molecule has 0 saturated carbocycles. The molecule has 0 bridgehead atoms. The van der Waals surface area contributed by atoms with Crippen molar-refractivity contribution in [3.8, 4) is 6.07 Å². The summed E-state index contributed by atoms with van der Waals surface area (Å²) in [5, 5.41) is 8.75. The first-order valence-corrected chi connectivity index (χ1v) is 5.13. The Morgan fingerprint density at radius 2 is 2.29 bits per heavy atom. The second-order valence-corrected chi connectivity index (χ2v) is 3.95. The van der Waals surface area contributed by atoms with Gasteiger partial charge in [0.05, 0.1) is 0 Å². The summed E-state index contributed by atoms with van der Waals surface area (Å²) in [4.78, 5) is 4.27. The Balaban J connectivity index is 2.89. The predicted molar refractivity (Wildman–Crippen MR) is 55.8 cm³/mol. The molecule has 0 aliphatic rings. The molecular formula is C11H17N3. The maximum Gasteiger partial charge on any atom is 0.158 e. The third kappa shape index (κ3) is 2.59. The first-order valence-electron chi connectivity index (χ1n) is 5.13. The van der Waals surface area contributed by atoms with E-state index < -0.39 is 0 Å². The molecule has 0 radical (unpaired) electrons. The van der Waals surface area contributed by atoms with E-state index >= 15 is 0 Å². The Kier molecular flexibility index (Phi) is 3.70. The van der Waals surface area contributed by atoms with Crippen LogP contribution in [0, 0.1) is 17.2 Å². The molecule has 1 aromatic heterocycles. The molecule has 0 N–H and O–H groups in total. The molecule has 0 aliphatic carbocycles. The molecule has 0 spiro atoms. The van der Waals surface area contributed by atoms with Gasteiger partial charge in [0.15, 0.2) is 5.69 Å². The lowest BCUT2D eigenvalue weighted by molar-refractivity contribution is 0.505. The Morgan fingerprint density at radius 1 is 1.57 bits per heavy atom. The maximum absolute atomic E-state index is 8.75. The highest BCUT2D eigenvalue weighted by Crippen LogP contribution is 2.08. The van der Waals surface area contributed by atoms with Gasteiger partial charge in [-0.2, -0.15) is 5.26 Å². The van der Waals surface area contributed by atoms with Crippen molar-refractivity contribution in [1.29, 1.82) is 5.26 Å². The van der Waals surface area contributed by atoms with Crippen molar-refractivity contribution in [2.75, 3.05) is 0 Å². The molecule has 3 heteroatoms. The minimum Gasteiger partial charge on any atom is -0.333 e. The molecular weight excluding hydrogens is 174 g/mol. The predicted octanol–water partition coefficient (Wildman–Crippen LogP) is 2.36. The Labute approximate surface area is 85.4 Å². The first-order chi connectivity index (χ1) is 6.67. The van der Waals surface area contributed by atoms with Crippen LogP contribution < -0.4 is 0 Å². The summed E-state index contributed by atoms with van der Waals surface area (Å²) in [6, 6.07) is 2.09. The van der Waals surface area contributed by atoms with Crippen LogP contribution in [0.4, 0.5) is 0 Å². The monoisotopic (exact) mass is 191 g/mol. The van der Waals surface area contributed by atoms with E-state index in [4.69, 9.17) is 5.26 Å². The molecule has 0 atom stereocenters. The van der Waals surface area contributed by atoms with E-state index in [1.807, 2.05) is 6.20 Å². The van der Waals surface area contributed by atoms with Gasteiger partial charge in [0.25, 0.3) is 0 Å². The van der Waals surface area contributed by atoms with Crippen LogP contribution in [0.5, 0.6) is 0 Å². The molecule has 1 rings (SSSR count). The fourth-order valence-electron chi connectivity index (χ4n) is 1.48. The summed E-state index contributed by atoms with van der Waals surface area (Å²) >= 11 is 0. The molecule has 0 amide bonds. The van der Waals surface area contributed by atoms with Crippen LogP contribution in [-0.4, -0.2) is 9.55 Å². The van der Waals surface area contributed by atoms with Gasteiger partial charge in [-0.05, 0) is 12.3 Å². The third-order valence-corrected chi connectivity index (χ3v) is 2.01. The Bertz CT molecular complexity index is 331. The minimum atomic E-state index is 0.536. The van der Waals surface area contributed by atoms with Crippen molar-refractivity contribution < 1.29 is 0 Å². The minimum absolute atomic E-state index is 0.536. The lowest BCUT2D eigenvalue weighted by atomic mass is 10.2. The van der Waals surface area contributed by atoms with Crippen LogP contribution in [0.25, 0.3) is 0 Å². The van der Waals surface area contributed by atoms with Crippen LogP contribution in [0.2, 0.25) is 0 Å². The van der Waals surface area contributed by atoms with E-state index in [0.717, 1.165) is 25.2 Å². The molecule has 14 heavy (non-hydrogen) atoms. The fourth-order valence-corrected chi connectivity index (χ4v) is 1.48. The summed E-state index contributed by atoms with van der Waals surface area (Å²) in [7, 11) is 0. The highest BCUT2D eigenvalue weighted by Gasteiger charge is 2.07. The van der Waals surface area contributed by atoms with Crippen molar-refractivity contribution >= 4 is 0 Å². The van der Waals surface area contributed by atoms with Crippen LogP contribution in [0.3, 0.4) is 0 Å². The fraction of sp³-hybridized carbons (Fsp3) is 0.636. The zero-order chi connectivity index (χ0) is 10.6. The highest BCUT2D eigenvalue weighted by atomic mass is 15.1. The van der Waals surface area contributed by atoms with Crippen LogP contribution in [0.15, 0.2) is 6.20 Å². The number of aryl methyl sites for hydroxylation is 1. The number of nitrogens with zero attached hydrogens (tertiary/aromatic N) is 3. The van der Waals surface area contributed by atoms with Gasteiger partial charge in [-0.3, -0.25) is 0 Å². The van der Waals surface area contributed by atoms with Gasteiger partial charge in [0, 0.05) is 19.2 Å². The molecule has 3 nitrogen and oxygen atoms in total. The van der Waals surface area contributed by atoms with E-state index in [-0.39, 0.29) is 0 Å². The van der Waals surface area contributed by atoms with Crippen molar-refractivity contribution in [2.24, 2.45) is 5.92 Å². The number of aromatic nitrogens is 2. The van der Waals surface area contributed by atoms with Gasteiger partial charge < -0.3 is 4.57 Å². The Hall–Kier alpha value is -1.30. The van der Waals surface area contributed by atoms with E-state index in [1.54, 1.807) is 0 Å². The average molecular weight is 191 g/mol. The Morgan fingerprint density at radius 3 is 2.79 bits per heavy atom. The van der Waals surface area contributed by atoms with E-state index in [1.165, 1.54) is 0 Å². The van der Waals surface area contributed by atoms with E-state index in [2.05, 4.69) is 36.4 Å². The zero-order valence-electron chi connectivity index (χ0n) is 9.12. The van der Waals surface area contributed by atoms with Gasteiger partial charge >= 0.3 is 0 Å². The molecule has 1 aromatic rings. The molecule has 0 aliphatic heterocycles. The summed E-state index contributed by atoms with van der Waals surface area (Å²) in [5.74, 6) is 1.63. The zero-order valence-corrected chi connectivity index (χ0v) is 9.12. The second kappa shape index (κ2) is 4.80. The van der Waals surface area contributed by atoms with Gasteiger partial charge in [-0.1, -0.05) is 20.8 Å². The number of hydrogen-bond acceptors (Lipinski definition) is 2. The number of nitriles is 1. The lowest BCUT2D eigenvalue weighted by Gasteiger charge is -2.08. The average Bonchev–Trinajstić information content (AvgIpc) is 2.48. The van der Waals surface area contributed by atoms with Gasteiger partial charge in [-0.25, -0.2) is 4.98 Å². The number of rotatable bonds is 4.